The lowest BCUT2D eigenvalue weighted by Crippen LogP contribution is -2.23. The molecule has 34 heavy (non-hydrogen) atoms. The van der Waals surface area contributed by atoms with E-state index in [0.717, 1.165) is 17.3 Å². The van der Waals surface area contributed by atoms with Gasteiger partial charge in [0.25, 0.3) is 11.1 Å². The van der Waals surface area contributed by atoms with Crippen molar-refractivity contribution in [2.24, 2.45) is 7.05 Å². The summed E-state index contributed by atoms with van der Waals surface area (Å²) in [6.07, 6.45) is 0. The topological polar surface area (TPSA) is 111 Å². The van der Waals surface area contributed by atoms with E-state index in [1.54, 1.807) is 50.0 Å². The van der Waals surface area contributed by atoms with Gasteiger partial charge < -0.3 is 15.0 Å². The van der Waals surface area contributed by atoms with Gasteiger partial charge in [-0.25, -0.2) is 9.67 Å². The number of aromatic nitrogens is 4. The molecular formula is C24H23N5O4S. The van der Waals surface area contributed by atoms with Crippen LogP contribution in [0.15, 0.2) is 75.4 Å². The number of thioether (sulfide) groups is 1. The van der Waals surface area contributed by atoms with Gasteiger partial charge in [-0.2, -0.15) is 0 Å². The number of aromatic amines is 1. The van der Waals surface area contributed by atoms with Crippen LogP contribution in [0.1, 0.15) is 5.69 Å². The Labute approximate surface area is 199 Å². The quantitative estimate of drug-likeness (QED) is 0.313. The molecule has 0 aliphatic rings. The Balaban J connectivity index is 1.49. The fourth-order valence-corrected chi connectivity index (χ4v) is 4.11. The molecule has 1 amide bonds. The summed E-state index contributed by atoms with van der Waals surface area (Å²) in [7, 11) is 3.33. The monoisotopic (exact) mass is 477 g/mol. The highest BCUT2D eigenvalue weighted by molar-refractivity contribution is 7.99. The Morgan fingerprint density at radius 2 is 1.82 bits per heavy atom. The second-order valence-corrected chi connectivity index (χ2v) is 8.40. The van der Waals surface area contributed by atoms with Crippen LogP contribution in [0.25, 0.3) is 16.9 Å². The molecule has 4 aromatic rings. The van der Waals surface area contributed by atoms with Crippen molar-refractivity contribution in [2.45, 2.75) is 12.1 Å². The number of carbonyl (C=O) groups is 1. The van der Waals surface area contributed by atoms with Crippen molar-refractivity contribution in [1.29, 1.82) is 0 Å². The lowest BCUT2D eigenvalue weighted by molar-refractivity contribution is -0.113. The molecule has 0 saturated carbocycles. The number of amides is 1. The molecule has 10 heteroatoms. The van der Waals surface area contributed by atoms with Gasteiger partial charge in [-0.1, -0.05) is 30.0 Å². The van der Waals surface area contributed by atoms with E-state index in [1.165, 1.54) is 10.7 Å². The Hall–Kier alpha value is -4.05. The van der Waals surface area contributed by atoms with Crippen molar-refractivity contribution >= 4 is 23.4 Å². The van der Waals surface area contributed by atoms with Gasteiger partial charge in [-0.05, 0) is 43.3 Å². The van der Waals surface area contributed by atoms with Crippen LogP contribution in [-0.2, 0) is 11.8 Å². The van der Waals surface area contributed by atoms with Crippen molar-refractivity contribution in [3.63, 3.8) is 0 Å². The molecule has 0 spiro atoms. The standard InChI is InChI=1S/C24H23N5O4S/c1-15-22(23(32)29(28(15)2)17-7-5-4-6-8-17)26-21(31)14-34-24-25-19(13-20(30)27-24)16-9-11-18(33-3)12-10-16/h4-13H,14H2,1-3H3,(H,26,31)(H,25,27,30). The number of benzene rings is 2. The van der Waals surface area contributed by atoms with Crippen LogP contribution in [0.5, 0.6) is 5.75 Å². The van der Waals surface area contributed by atoms with Gasteiger partial charge >= 0.3 is 0 Å². The summed E-state index contributed by atoms with van der Waals surface area (Å²) in [5.41, 5.74) is 2.13. The summed E-state index contributed by atoms with van der Waals surface area (Å²) < 4.78 is 8.34. The van der Waals surface area contributed by atoms with Crippen LogP contribution in [0.2, 0.25) is 0 Å². The lowest BCUT2D eigenvalue weighted by atomic mass is 10.1. The van der Waals surface area contributed by atoms with Crippen LogP contribution >= 0.6 is 11.8 Å². The fraction of sp³-hybridized carbons (Fsp3) is 0.167. The van der Waals surface area contributed by atoms with Crippen molar-refractivity contribution in [3.05, 3.63) is 87.1 Å². The number of H-pyrrole nitrogens is 1. The molecule has 0 aliphatic heterocycles. The maximum Gasteiger partial charge on any atom is 0.295 e. The number of para-hydroxylation sites is 1. The predicted molar refractivity (Wildman–Crippen MR) is 132 cm³/mol. The van der Waals surface area contributed by atoms with Crippen molar-refractivity contribution in [1.82, 2.24) is 19.3 Å². The molecule has 2 aromatic heterocycles. The van der Waals surface area contributed by atoms with E-state index in [2.05, 4.69) is 15.3 Å². The molecule has 0 radical (unpaired) electrons. The van der Waals surface area contributed by atoms with Crippen LogP contribution in [-0.4, -0.2) is 38.1 Å². The van der Waals surface area contributed by atoms with Gasteiger partial charge in [0.2, 0.25) is 5.91 Å². The Kier molecular flexibility index (Phi) is 6.69. The molecule has 0 fully saturated rings. The minimum absolute atomic E-state index is 0.0336. The van der Waals surface area contributed by atoms with Gasteiger partial charge in [0.05, 0.1) is 29.9 Å². The summed E-state index contributed by atoms with van der Waals surface area (Å²) in [6, 6.07) is 17.7. The normalized spacial score (nSPS) is 10.8. The molecule has 2 N–H and O–H groups in total. The molecule has 0 atom stereocenters. The van der Waals surface area contributed by atoms with E-state index in [9.17, 15) is 14.4 Å². The average molecular weight is 478 g/mol. The molecule has 0 bridgehead atoms. The summed E-state index contributed by atoms with van der Waals surface area (Å²) in [4.78, 5) is 44.8. The fourth-order valence-electron chi connectivity index (χ4n) is 3.43. The molecule has 4 rings (SSSR count). The van der Waals surface area contributed by atoms with E-state index in [-0.39, 0.29) is 28.5 Å². The number of rotatable bonds is 7. The number of anilines is 1. The Morgan fingerprint density at radius 3 is 2.50 bits per heavy atom. The Bertz CT molecular complexity index is 1440. The van der Waals surface area contributed by atoms with Crippen LogP contribution in [0.4, 0.5) is 5.69 Å². The first-order valence-corrected chi connectivity index (χ1v) is 11.4. The largest absolute Gasteiger partial charge is 0.497 e. The third-order valence-electron chi connectivity index (χ3n) is 5.26. The molecule has 174 valence electrons. The summed E-state index contributed by atoms with van der Waals surface area (Å²) >= 11 is 1.08. The third-order valence-corrected chi connectivity index (χ3v) is 6.14. The second-order valence-electron chi connectivity index (χ2n) is 7.44. The zero-order valence-electron chi connectivity index (χ0n) is 18.9. The van der Waals surface area contributed by atoms with Gasteiger partial charge in [-0.3, -0.25) is 19.1 Å². The zero-order chi connectivity index (χ0) is 24.2. The van der Waals surface area contributed by atoms with Crippen LogP contribution < -0.4 is 21.2 Å². The van der Waals surface area contributed by atoms with Gasteiger partial charge in [0.1, 0.15) is 11.4 Å². The van der Waals surface area contributed by atoms with E-state index in [1.807, 2.05) is 30.3 Å². The molecule has 9 nitrogen and oxygen atoms in total. The van der Waals surface area contributed by atoms with Crippen molar-refractivity contribution in [2.75, 3.05) is 18.2 Å². The third kappa shape index (κ3) is 4.81. The second kappa shape index (κ2) is 9.84. The molecule has 0 aliphatic carbocycles. The van der Waals surface area contributed by atoms with Crippen molar-refractivity contribution in [3.8, 4) is 22.7 Å². The summed E-state index contributed by atoms with van der Waals surface area (Å²) in [5.74, 6) is 0.282. The lowest BCUT2D eigenvalue weighted by Gasteiger charge is -2.07. The number of carbonyl (C=O) groups excluding carboxylic acids is 1. The van der Waals surface area contributed by atoms with Crippen LogP contribution in [0, 0.1) is 6.92 Å². The first-order chi connectivity index (χ1) is 16.4. The van der Waals surface area contributed by atoms with E-state index >= 15 is 0 Å². The highest BCUT2D eigenvalue weighted by Crippen LogP contribution is 2.22. The van der Waals surface area contributed by atoms with E-state index in [4.69, 9.17) is 4.74 Å². The van der Waals surface area contributed by atoms with E-state index < -0.39 is 0 Å². The SMILES string of the molecule is COc1ccc(-c2cc(=O)[nH]c(SCC(=O)Nc3c(C)n(C)n(-c4ccccc4)c3=O)n2)cc1. The van der Waals surface area contributed by atoms with E-state index in [0.29, 0.717) is 28.0 Å². The molecular weight excluding hydrogens is 454 g/mol. The molecule has 2 aromatic carbocycles. The van der Waals surface area contributed by atoms with Crippen LogP contribution in [0.3, 0.4) is 0 Å². The number of hydrogen-bond acceptors (Lipinski definition) is 6. The number of nitrogens with zero attached hydrogens (tertiary/aromatic N) is 3. The minimum Gasteiger partial charge on any atom is -0.497 e. The smallest absolute Gasteiger partial charge is 0.295 e. The molecule has 0 unspecified atom stereocenters. The number of ether oxygens (including phenoxy) is 1. The first kappa shape index (κ1) is 23.1. The summed E-state index contributed by atoms with van der Waals surface area (Å²) in [6.45, 7) is 1.76. The average Bonchev–Trinajstić information content (AvgIpc) is 3.06. The number of nitrogens with one attached hydrogen (secondary N) is 2. The highest BCUT2D eigenvalue weighted by atomic mass is 32.2. The number of methoxy groups -OCH3 is 1. The highest BCUT2D eigenvalue weighted by Gasteiger charge is 2.18. The minimum atomic E-state index is -0.381. The maximum atomic E-state index is 13.0. The summed E-state index contributed by atoms with van der Waals surface area (Å²) in [5, 5.41) is 3.01. The van der Waals surface area contributed by atoms with Gasteiger partial charge in [-0.15, -0.1) is 0 Å². The number of hydrogen-bond donors (Lipinski definition) is 2. The molecule has 0 saturated heterocycles. The molecule has 2 heterocycles. The maximum absolute atomic E-state index is 13.0. The predicted octanol–water partition coefficient (Wildman–Crippen LogP) is 2.97. The Morgan fingerprint density at radius 1 is 1.12 bits per heavy atom. The zero-order valence-corrected chi connectivity index (χ0v) is 19.7. The van der Waals surface area contributed by atoms with Gasteiger partial charge in [0.15, 0.2) is 5.16 Å². The first-order valence-electron chi connectivity index (χ1n) is 10.4. The van der Waals surface area contributed by atoms with Crippen molar-refractivity contribution < 1.29 is 9.53 Å². The van der Waals surface area contributed by atoms with Gasteiger partial charge in [0, 0.05) is 18.7 Å².